The molecule has 1 unspecified atom stereocenters. The number of rotatable bonds is 4. The average molecular weight is 264 g/mol. The van der Waals surface area contributed by atoms with Gasteiger partial charge in [-0.25, -0.2) is 0 Å². The van der Waals surface area contributed by atoms with Crippen LogP contribution in [0.2, 0.25) is 0 Å². The van der Waals surface area contributed by atoms with Gasteiger partial charge in [0.05, 0.1) is 6.61 Å². The highest BCUT2D eigenvalue weighted by molar-refractivity contribution is 5.91. The Bertz CT molecular complexity index is 413. The molecule has 1 saturated heterocycles. The summed E-state index contributed by atoms with van der Waals surface area (Å²) in [5.41, 5.74) is 0.330. The van der Waals surface area contributed by atoms with E-state index in [9.17, 15) is 4.79 Å². The lowest BCUT2D eigenvalue weighted by atomic mass is 10.0. The van der Waals surface area contributed by atoms with Gasteiger partial charge in [-0.1, -0.05) is 0 Å². The van der Waals surface area contributed by atoms with Crippen molar-refractivity contribution >= 4 is 5.91 Å². The van der Waals surface area contributed by atoms with Gasteiger partial charge >= 0.3 is 0 Å². The fraction of sp³-hybridized carbons (Fsp3) is 0.615. The number of amides is 1. The summed E-state index contributed by atoms with van der Waals surface area (Å²) in [6.45, 7) is 2.73. The van der Waals surface area contributed by atoms with Crippen LogP contribution < -0.4 is 10.1 Å². The zero-order valence-electron chi connectivity index (χ0n) is 11.4. The zero-order chi connectivity index (χ0) is 13.7. The lowest BCUT2D eigenvalue weighted by Crippen LogP contribution is -2.33. The molecule has 1 aromatic rings. The Morgan fingerprint density at radius 2 is 2.32 bits per heavy atom. The predicted molar refractivity (Wildman–Crippen MR) is 71.1 cm³/mol. The van der Waals surface area contributed by atoms with E-state index >= 15 is 0 Å². The molecule has 0 spiro atoms. The van der Waals surface area contributed by atoms with Crippen LogP contribution in [-0.2, 0) is 0 Å². The van der Waals surface area contributed by atoms with Crippen LogP contribution in [0.15, 0.2) is 12.1 Å². The number of piperidine rings is 1. The minimum absolute atomic E-state index is 0.157. The zero-order valence-corrected chi connectivity index (χ0v) is 11.4. The standard InChI is InChI=1S/C13H20N4O2/c1-17(2)13(18)11-5-6-12(16-15-11)19-9-10-4-3-7-14-8-10/h5-6,10,14H,3-4,7-9H2,1-2H3. The van der Waals surface area contributed by atoms with Crippen LogP contribution in [0, 0.1) is 5.92 Å². The monoisotopic (exact) mass is 264 g/mol. The maximum atomic E-state index is 11.6. The van der Waals surface area contributed by atoms with Gasteiger partial charge in [0.15, 0.2) is 5.69 Å². The third kappa shape index (κ3) is 3.89. The van der Waals surface area contributed by atoms with E-state index < -0.39 is 0 Å². The molecule has 2 heterocycles. The van der Waals surface area contributed by atoms with Gasteiger partial charge in [-0.15, -0.1) is 10.2 Å². The minimum atomic E-state index is -0.157. The number of nitrogens with zero attached hydrogens (tertiary/aromatic N) is 3. The van der Waals surface area contributed by atoms with Crippen molar-refractivity contribution in [2.75, 3.05) is 33.8 Å². The molecular formula is C13H20N4O2. The second-order valence-corrected chi connectivity index (χ2v) is 4.98. The quantitative estimate of drug-likeness (QED) is 0.860. The fourth-order valence-corrected chi connectivity index (χ4v) is 2.01. The third-order valence-corrected chi connectivity index (χ3v) is 3.13. The molecule has 1 amide bonds. The lowest BCUT2D eigenvalue weighted by Gasteiger charge is -2.22. The van der Waals surface area contributed by atoms with Gasteiger partial charge in [0.1, 0.15) is 0 Å². The Kier molecular flexibility index (Phi) is 4.68. The van der Waals surface area contributed by atoms with Crippen LogP contribution in [0.25, 0.3) is 0 Å². The smallest absolute Gasteiger partial charge is 0.273 e. The molecule has 6 nitrogen and oxygen atoms in total. The van der Waals surface area contributed by atoms with E-state index in [1.807, 2.05) is 0 Å². The first-order valence-electron chi connectivity index (χ1n) is 6.55. The number of carbonyl (C=O) groups excluding carboxylic acids is 1. The molecule has 19 heavy (non-hydrogen) atoms. The molecule has 1 aliphatic rings. The van der Waals surface area contributed by atoms with Crippen molar-refractivity contribution in [2.24, 2.45) is 5.92 Å². The SMILES string of the molecule is CN(C)C(=O)c1ccc(OCC2CCCNC2)nn1. The highest BCUT2D eigenvalue weighted by atomic mass is 16.5. The Labute approximate surface area is 113 Å². The number of hydrogen-bond acceptors (Lipinski definition) is 5. The number of ether oxygens (including phenoxy) is 1. The Morgan fingerprint density at radius 3 is 2.89 bits per heavy atom. The Balaban J connectivity index is 1.86. The number of aromatic nitrogens is 2. The highest BCUT2D eigenvalue weighted by Crippen LogP contribution is 2.13. The van der Waals surface area contributed by atoms with E-state index in [4.69, 9.17) is 4.74 Å². The minimum Gasteiger partial charge on any atom is -0.476 e. The topological polar surface area (TPSA) is 67.3 Å². The fourth-order valence-electron chi connectivity index (χ4n) is 2.01. The van der Waals surface area contributed by atoms with E-state index in [0.29, 0.717) is 24.1 Å². The van der Waals surface area contributed by atoms with Crippen LogP contribution in [0.4, 0.5) is 0 Å². The van der Waals surface area contributed by atoms with Crippen molar-refractivity contribution in [3.8, 4) is 5.88 Å². The first-order valence-corrected chi connectivity index (χ1v) is 6.55. The second-order valence-electron chi connectivity index (χ2n) is 4.98. The van der Waals surface area contributed by atoms with Crippen LogP contribution in [0.1, 0.15) is 23.3 Å². The van der Waals surface area contributed by atoms with Crippen molar-refractivity contribution in [3.63, 3.8) is 0 Å². The van der Waals surface area contributed by atoms with E-state index in [1.165, 1.54) is 17.7 Å². The lowest BCUT2D eigenvalue weighted by molar-refractivity contribution is 0.0820. The highest BCUT2D eigenvalue weighted by Gasteiger charge is 2.14. The molecule has 0 aliphatic carbocycles. The molecule has 1 aliphatic heterocycles. The number of carbonyl (C=O) groups is 1. The summed E-state index contributed by atoms with van der Waals surface area (Å²) in [7, 11) is 3.37. The molecule has 6 heteroatoms. The molecule has 0 radical (unpaired) electrons. The van der Waals surface area contributed by atoms with Gasteiger partial charge in [0.2, 0.25) is 5.88 Å². The van der Waals surface area contributed by atoms with Gasteiger partial charge in [-0.3, -0.25) is 4.79 Å². The molecular weight excluding hydrogens is 244 g/mol. The van der Waals surface area contributed by atoms with Gasteiger partial charge in [-0.05, 0) is 25.5 Å². The molecule has 0 saturated carbocycles. The maximum absolute atomic E-state index is 11.6. The summed E-state index contributed by atoms with van der Waals surface area (Å²) in [6, 6.07) is 3.34. The van der Waals surface area contributed by atoms with Crippen molar-refractivity contribution in [2.45, 2.75) is 12.8 Å². The molecule has 1 fully saturated rings. The van der Waals surface area contributed by atoms with E-state index in [0.717, 1.165) is 13.1 Å². The number of nitrogens with one attached hydrogen (secondary N) is 1. The molecule has 1 N–H and O–H groups in total. The summed E-state index contributed by atoms with van der Waals surface area (Å²) in [6.07, 6.45) is 2.37. The normalized spacial score (nSPS) is 18.9. The van der Waals surface area contributed by atoms with E-state index in [1.54, 1.807) is 26.2 Å². The van der Waals surface area contributed by atoms with Crippen LogP contribution in [0.5, 0.6) is 5.88 Å². The number of hydrogen-bond donors (Lipinski definition) is 1. The van der Waals surface area contributed by atoms with Crippen LogP contribution in [-0.4, -0.2) is 54.8 Å². The molecule has 1 aromatic heterocycles. The largest absolute Gasteiger partial charge is 0.476 e. The summed E-state index contributed by atoms with van der Waals surface area (Å²) >= 11 is 0. The first kappa shape index (κ1) is 13.7. The molecule has 2 rings (SSSR count). The van der Waals surface area contributed by atoms with Gasteiger partial charge in [0.25, 0.3) is 5.91 Å². The summed E-state index contributed by atoms with van der Waals surface area (Å²) < 4.78 is 5.60. The maximum Gasteiger partial charge on any atom is 0.273 e. The summed E-state index contributed by atoms with van der Waals surface area (Å²) in [5.74, 6) is 0.843. The summed E-state index contributed by atoms with van der Waals surface area (Å²) in [5, 5.41) is 11.1. The second kappa shape index (κ2) is 6.47. The first-order chi connectivity index (χ1) is 9.16. The summed E-state index contributed by atoms with van der Waals surface area (Å²) in [4.78, 5) is 13.1. The predicted octanol–water partition coefficient (Wildman–Crippen LogP) is 0.557. The van der Waals surface area contributed by atoms with Crippen LogP contribution in [0.3, 0.4) is 0 Å². The van der Waals surface area contributed by atoms with Crippen molar-refractivity contribution in [3.05, 3.63) is 17.8 Å². The molecule has 1 atom stereocenters. The Hall–Kier alpha value is -1.69. The van der Waals surface area contributed by atoms with Crippen molar-refractivity contribution in [1.29, 1.82) is 0 Å². The van der Waals surface area contributed by atoms with Gasteiger partial charge in [0, 0.05) is 32.6 Å². The Morgan fingerprint density at radius 1 is 1.47 bits per heavy atom. The molecule has 104 valence electrons. The van der Waals surface area contributed by atoms with Gasteiger partial charge in [-0.2, -0.15) is 0 Å². The van der Waals surface area contributed by atoms with Crippen molar-refractivity contribution in [1.82, 2.24) is 20.4 Å². The molecule has 0 bridgehead atoms. The van der Waals surface area contributed by atoms with Crippen molar-refractivity contribution < 1.29 is 9.53 Å². The van der Waals surface area contributed by atoms with E-state index in [2.05, 4.69) is 15.5 Å². The third-order valence-electron chi connectivity index (χ3n) is 3.13. The molecule has 0 aromatic carbocycles. The van der Waals surface area contributed by atoms with E-state index in [-0.39, 0.29) is 5.91 Å². The van der Waals surface area contributed by atoms with Gasteiger partial charge < -0.3 is 15.0 Å². The average Bonchev–Trinajstić information content (AvgIpc) is 2.46. The van der Waals surface area contributed by atoms with Crippen LogP contribution >= 0.6 is 0 Å².